The second-order valence-corrected chi connectivity index (χ2v) is 14.6. The van der Waals surface area contributed by atoms with E-state index in [9.17, 15) is 36.3 Å². The van der Waals surface area contributed by atoms with Gasteiger partial charge in [0.05, 0.1) is 29.9 Å². The summed E-state index contributed by atoms with van der Waals surface area (Å²) >= 11 is 6.09. The number of carbonyl (C=O) groups excluding carboxylic acids is 2. The zero-order valence-electron chi connectivity index (χ0n) is 25.4. The summed E-state index contributed by atoms with van der Waals surface area (Å²) in [6, 6.07) is 7.56. The molecule has 4 atom stereocenters. The van der Waals surface area contributed by atoms with Gasteiger partial charge in [-0.3, -0.25) is 9.69 Å². The number of rotatable bonds is 10. The smallest absolute Gasteiger partial charge is 0.484 e. The highest BCUT2D eigenvalue weighted by molar-refractivity contribution is 7.90. The molecule has 0 spiro atoms. The van der Waals surface area contributed by atoms with Gasteiger partial charge in [-0.05, 0) is 44.5 Å². The first-order chi connectivity index (χ1) is 21.5. The second kappa shape index (κ2) is 13.7. The molecular formula is C28H37ClN5O10S2+. The van der Waals surface area contributed by atoms with E-state index in [0.29, 0.717) is 11.3 Å². The van der Waals surface area contributed by atoms with Crippen molar-refractivity contribution in [3.8, 4) is 5.75 Å². The molecule has 0 aromatic heterocycles. The average molecular weight is 703 g/mol. The Hall–Kier alpha value is -3.48. The molecule has 1 unspecified atom stereocenters. The average Bonchev–Trinajstić information content (AvgIpc) is 3.29. The number of esters is 1. The fourth-order valence-electron chi connectivity index (χ4n) is 5.77. The highest BCUT2D eigenvalue weighted by Crippen LogP contribution is 2.36. The highest BCUT2D eigenvalue weighted by atomic mass is 35.5. The third-order valence-corrected chi connectivity index (χ3v) is 10.9. The first kappa shape index (κ1) is 35.4. The Labute approximate surface area is 272 Å². The van der Waals surface area contributed by atoms with Gasteiger partial charge in [0, 0.05) is 25.9 Å². The van der Waals surface area contributed by atoms with Gasteiger partial charge in [0.15, 0.2) is 6.10 Å². The Morgan fingerprint density at radius 3 is 2.52 bits per heavy atom. The summed E-state index contributed by atoms with van der Waals surface area (Å²) in [6.45, 7) is 5.24. The van der Waals surface area contributed by atoms with Crippen LogP contribution in [-0.2, 0) is 36.0 Å². The predicted molar refractivity (Wildman–Crippen MR) is 166 cm³/mol. The molecular weight excluding hydrogens is 666 g/mol. The number of likely N-dealkylation sites (tertiary alicyclic amines) is 1. The van der Waals surface area contributed by atoms with Gasteiger partial charge in [-0.25, -0.2) is 26.8 Å². The number of urea groups is 1. The molecule has 15 nitrogen and oxygen atoms in total. The van der Waals surface area contributed by atoms with Crippen molar-refractivity contribution in [3.63, 3.8) is 0 Å². The fourth-order valence-corrected chi connectivity index (χ4v) is 8.27. The lowest BCUT2D eigenvalue weighted by molar-refractivity contribution is -0.792. The molecule has 1 fully saturated rings. The van der Waals surface area contributed by atoms with Crippen molar-refractivity contribution < 1.29 is 50.3 Å². The molecule has 3 amide bonds. The Kier molecular flexibility index (Phi) is 10.5. The molecule has 2 aromatic carbocycles. The molecule has 2 aliphatic heterocycles. The lowest BCUT2D eigenvalue weighted by Crippen LogP contribution is -2.63. The van der Waals surface area contributed by atoms with E-state index in [4.69, 9.17) is 26.2 Å². The van der Waals surface area contributed by atoms with Crippen LogP contribution < -0.4 is 19.9 Å². The van der Waals surface area contributed by atoms with Gasteiger partial charge in [0.25, 0.3) is 0 Å². The van der Waals surface area contributed by atoms with Crippen molar-refractivity contribution in [1.29, 1.82) is 0 Å². The number of hydrogen-bond donors (Lipinski definition) is 4. The van der Waals surface area contributed by atoms with E-state index in [0.717, 1.165) is 6.07 Å². The number of halogens is 1. The maximum atomic E-state index is 13.7. The van der Waals surface area contributed by atoms with Crippen LogP contribution in [0.2, 0.25) is 5.02 Å². The number of nitrogens with two attached hydrogens (primary N) is 1. The number of anilines is 1. The van der Waals surface area contributed by atoms with Gasteiger partial charge in [-0.15, -0.1) is 4.48 Å². The molecule has 0 bridgehead atoms. The van der Waals surface area contributed by atoms with Crippen LogP contribution in [-0.4, -0.2) is 94.0 Å². The molecule has 18 heteroatoms. The summed E-state index contributed by atoms with van der Waals surface area (Å²) < 4.78 is 62.7. The maximum Gasteiger partial charge on any atom is 0.523 e. The molecule has 0 aliphatic carbocycles. The molecule has 0 saturated carbocycles. The summed E-state index contributed by atoms with van der Waals surface area (Å²) in [5.74, 6) is -0.126. The van der Waals surface area contributed by atoms with Crippen LogP contribution in [0.25, 0.3) is 0 Å². The largest absolute Gasteiger partial charge is 0.523 e. The number of nitrogens with zero attached hydrogens (tertiary/aromatic N) is 2. The van der Waals surface area contributed by atoms with Crippen LogP contribution in [0.1, 0.15) is 39.2 Å². The first-order valence-corrected chi connectivity index (χ1v) is 17.9. The van der Waals surface area contributed by atoms with E-state index < -0.39 is 65.8 Å². The number of ether oxygens (including phenoxy) is 2. The van der Waals surface area contributed by atoms with E-state index in [1.54, 1.807) is 45.0 Å². The molecule has 46 heavy (non-hydrogen) atoms. The van der Waals surface area contributed by atoms with Crippen molar-refractivity contribution in [3.05, 3.63) is 47.0 Å². The maximum absolute atomic E-state index is 13.7. The second-order valence-electron chi connectivity index (χ2n) is 11.0. The van der Waals surface area contributed by atoms with Crippen LogP contribution in [0.3, 0.4) is 0 Å². The van der Waals surface area contributed by atoms with Crippen LogP contribution in [0, 0.1) is 0 Å². The zero-order chi connectivity index (χ0) is 34.0. The SMILES string of the molecule is CCOC(=O)CCN(CC)C(=O)[N@@+]1(C(=O)O)C[C@H](Oc2ccccc2CC2Nc3cc(Cl)c(S(N)(=O)=O)cc3S(=O)(=O)N2)C[C@H]1C. The number of nitrogens with one attached hydrogen (secondary N) is 2. The number of carboxylic acid groups (broad SMARTS) is 1. The number of imide groups is 1. The van der Waals surface area contributed by atoms with Crippen molar-refractivity contribution in [2.45, 2.75) is 68.1 Å². The number of carbonyl (C=O) groups is 3. The number of sulfonamides is 2. The van der Waals surface area contributed by atoms with Gasteiger partial charge in [-0.1, -0.05) is 29.8 Å². The van der Waals surface area contributed by atoms with Crippen LogP contribution in [0.5, 0.6) is 5.75 Å². The number of primary sulfonamides is 1. The molecule has 252 valence electrons. The molecule has 2 heterocycles. The topological polar surface area (TPSA) is 211 Å². The summed E-state index contributed by atoms with van der Waals surface area (Å²) in [4.78, 5) is 38.7. The summed E-state index contributed by atoms with van der Waals surface area (Å²) in [5, 5.41) is 18.3. The monoisotopic (exact) mass is 702 g/mol. The highest BCUT2D eigenvalue weighted by Gasteiger charge is 2.59. The van der Waals surface area contributed by atoms with E-state index in [1.165, 1.54) is 11.0 Å². The molecule has 0 radical (unpaired) electrons. The van der Waals surface area contributed by atoms with Gasteiger partial charge in [0.1, 0.15) is 28.1 Å². The summed E-state index contributed by atoms with van der Waals surface area (Å²) in [5.41, 5.74) is 0.650. The van der Waals surface area contributed by atoms with E-state index in [1.807, 2.05) is 0 Å². The first-order valence-electron chi connectivity index (χ1n) is 14.5. The zero-order valence-corrected chi connectivity index (χ0v) is 27.8. The van der Waals surface area contributed by atoms with E-state index in [2.05, 4.69) is 10.0 Å². The van der Waals surface area contributed by atoms with Crippen LogP contribution in [0.15, 0.2) is 46.2 Å². The summed E-state index contributed by atoms with van der Waals surface area (Å²) in [6.07, 6.45) is -2.69. The molecule has 1 saturated heterocycles. The van der Waals surface area contributed by atoms with Gasteiger partial charge in [-0.2, -0.15) is 9.52 Å². The molecule has 2 aromatic rings. The van der Waals surface area contributed by atoms with Crippen molar-refractivity contribution in [1.82, 2.24) is 9.62 Å². The number of para-hydroxylation sites is 1. The number of amides is 3. The quantitative estimate of drug-likeness (QED) is 0.209. The Balaban J connectivity index is 1.53. The van der Waals surface area contributed by atoms with E-state index in [-0.39, 0.29) is 61.1 Å². The number of benzene rings is 2. The fraction of sp³-hybridized carbons (Fsp3) is 0.464. The van der Waals surface area contributed by atoms with Crippen LogP contribution in [0.4, 0.5) is 15.3 Å². The van der Waals surface area contributed by atoms with Gasteiger partial charge >= 0.3 is 18.1 Å². The van der Waals surface area contributed by atoms with E-state index >= 15 is 0 Å². The van der Waals surface area contributed by atoms with Crippen molar-refractivity contribution in [2.75, 3.05) is 31.6 Å². The summed E-state index contributed by atoms with van der Waals surface area (Å²) in [7, 11) is -8.47. The lowest BCUT2D eigenvalue weighted by Gasteiger charge is -2.33. The minimum Gasteiger partial charge on any atom is -0.484 e. The number of quaternary nitrogens is 1. The standard InChI is InChI=1S/C28H36ClN5O10S2/c1-4-33(11-10-26(35)43-5-2)27(36)34(28(37)38)16-19(12-17(34)3)44-22-9-7-6-8-18(22)13-25-31-21-14-20(29)23(45(30,39)40)15-24(21)46(41,42)32-25/h6-9,14-15,17,19,25,31-32H,4-5,10-13,16H2,1-3H3,(H2-,30,37,38,39,40)/p+1/t17-,19-,25?,34-/m1/s1. The lowest BCUT2D eigenvalue weighted by atomic mass is 10.1. The number of fused-ring (bicyclic) bond motifs is 1. The van der Waals surface area contributed by atoms with Crippen molar-refractivity contribution >= 4 is 55.4 Å². The van der Waals surface area contributed by atoms with Crippen molar-refractivity contribution in [2.24, 2.45) is 5.14 Å². The third-order valence-electron chi connectivity index (χ3n) is 8.02. The van der Waals surface area contributed by atoms with Gasteiger partial charge < -0.3 is 19.9 Å². The third kappa shape index (κ3) is 7.24. The molecule has 5 N–H and O–H groups in total. The Morgan fingerprint density at radius 2 is 1.89 bits per heavy atom. The normalized spacial score (nSPS) is 23.5. The van der Waals surface area contributed by atoms with Crippen LogP contribution >= 0.6 is 11.6 Å². The minimum absolute atomic E-state index is 0.00447. The number of hydrogen-bond acceptors (Lipinski definition) is 10. The van der Waals surface area contributed by atoms with Gasteiger partial charge in [0.2, 0.25) is 20.0 Å². The molecule has 4 rings (SSSR count). The Morgan fingerprint density at radius 1 is 1.20 bits per heavy atom. The molecule has 2 aliphatic rings. The Bertz CT molecular complexity index is 1740. The minimum atomic E-state index is -4.28. The predicted octanol–water partition coefficient (Wildman–Crippen LogP) is 2.69.